The van der Waals surface area contributed by atoms with Crippen LogP contribution < -0.4 is 5.32 Å². The van der Waals surface area contributed by atoms with Gasteiger partial charge in [-0.15, -0.1) is 5.10 Å². The van der Waals surface area contributed by atoms with Gasteiger partial charge in [0.2, 0.25) is 11.1 Å². The number of hydrogen-bond acceptors (Lipinski definition) is 5. The van der Waals surface area contributed by atoms with Gasteiger partial charge in [-0.2, -0.15) is 4.98 Å². The monoisotopic (exact) mass is 484 g/mol. The molecule has 3 aromatic rings. The lowest BCUT2D eigenvalue weighted by molar-refractivity contribution is -0.118. The maximum Gasteiger partial charge on any atom is 0.227 e. The van der Waals surface area contributed by atoms with Gasteiger partial charge in [-0.1, -0.05) is 79.1 Å². The minimum absolute atomic E-state index is 0.0999. The molecule has 0 saturated heterocycles. The molecule has 5 rings (SSSR count). The number of anilines is 1. The number of halogens is 2. The molecule has 0 amide bonds. The largest absolute Gasteiger partial charge is 0.328 e. The van der Waals surface area contributed by atoms with E-state index in [1.165, 1.54) is 11.8 Å². The molecule has 1 N–H and O–H groups in total. The third-order valence-electron chi connectivity index (χ3n) is 5.81. The van der Waals surface area contributed by atoms with Gasteiger partial charge in [0, 0.05) is 33.5 Å². The Morgan fingerprint density at radius 1 is 1.12 bits per heavy atom. The summed E-state index contributed by atoms with van der Waals surface area (Å²) >= 11 is 14.0. The number of benzene rings is 2. The van der Waals surface area contributed by atoms with Gasteiger partial charge < -0.3 is 5.32 Å². The number of fused-ring (bicyclic) bond motifs is 1. The van der Waals surface area contributed by atoms with E-state index in [0.717, 1.165) is 33.8 Å². The zero-order valence-electron chi connectivity index (χ0n) is 17.7. The second kappa shape index (κ2) is 8.25. The fourth-order valence-corrected chi connectivity index (χ4v) is 5.60. The molecule has 1 aliphatic heterocycles. The Morgan fingerprint density at radius 3 is 2.62 bits per heavy atom. The van der Waals surface area contributed by atoms with E-state index in [0.29, 0.717) is 28.3 Å². The number of ketones is 1. The summed E-state index contributed by atoms with van der Waals surface area (Å²) in [5.41, 5.74) is 3.60. The molecular formula is C24H22Cl2N4OS. The molecule has 5 nitrogen and oxygen atoms in total. The van der Waals surface area contributed by atoms with E-state index in [2.05, 4.69) is 19.2 Å². The van der Waals surface area contributed by atoms with Crippen molar-refractivity contribution >= 4 is 46.7 Å². The summed E-state index contributed by atoms with van der Waals surface area (Å²) in [5.74, 6) is 1.46. The van der Waals surface area contributed by atoms with Gasteiger partial charge >= 0.3 is 0 Å². The number of thioether (sulfide) groups is 1. The summed E-state index contributed by atoms with van der Waals surface area (Å²) < 4.78 is 1.83. The molecule has 0 saturated carbocycles. The number of Topliss-reactive ketones (excluding diaryl/α,β-unsaturated/α-hetero) is 1. The number of carbonyl (C=O) groups excluding carboxylic acids is 1. The third-order valence-corrected chi connectivity index (χ3v) is 7.32. The zero-order valence-corrected chi connectivity index (χ0v) is 20.1. The molecule has 0 unspecified atom stereocenters. The van der Waals surface area contributed by atoms with Crippen molar-refractivity contribution in [2.75, 3.05) is 5.32 Å². The topological polar surface area (TPSA) is 59.8 Å². The van der Waals surface area contributed by atoms with Gasteiger partial charge in [0.1, 0.15) is 6.04 Å². The van der Waals surface area contributed by atoms with E-state index < -0.39 is 0 Å². The molecule has 2 aromatic carbocycles. The fraction of sp³-hybridized carbons (Fsp3) is 0.292. The van der Waals surface area contributed by atoms with Gasteiger partial charge in [-0.05, 0) is 41.2 Å². The quantitative estimate of drug-likeness (QED) is 0.426. The summed E-state index contributed by atoms with van der Waals surface area (Å²) in [4.78, 5) is 18.0. The number of hydrogen-bond donors (Lipinski definition) is 1. The first-order chi connectivity index (χ1) is 15.3. The van der Waals surface area contributed by atoms with Crippen LogP contribution in [0.15, 0.2) is 65.0 Å². The first-order valence-corrected chi connectivity index (χ1v) is 12.2. The molecule has 32 heavy (non-hydrogen) atoms. The molecule has 2 aliphatic rings. The summed E-state index contributed by atoms with van der Waals surface area (Å²) in [6.07, 6.45) is 1.29. The minimum atomic E-state index is -0.329. The Morgan fingerprint density at radius 2 is 1.88 bits per heavy atom. The normalized spacial score (nSPS) is 19.4. The van der Waals surface area contributed by atoms with Gasteiger partial charge in [-0.25, -0.2) is 4.68 Å². The maximum atomic E-state index is 13.3. The standard InChI is InChI=1S/C24H22Cl2N4OS/c1-24(2)11-18-20(19(31)12-24)21(14-7-9-16(25)10-8-14)30-22(27-18)28-23(29-30)32-13-15-5-3-4-6-17(15)26/h3-10,21H,11-13H2,1-2H3,(H,27,28,29)/t21-/m0/s1. The molecule has 0 spiro atoms. The smallest absolute Gasteiger partial charge is 0.227 e. The average molecular weight is 485 g/mol. The number of aromatic nitrogens is 3. The van der Waals surface area contributed by atoms with Crippen LogP contribution in [0.5, 0.6) is 0 Å². The highest BCUT2D eigenvalue weighted by atomic mass is 35.5. The predicted octanol–water partition coefficient (Wildman–Crippen LogP) is 6.54. The van der Waals surface area contributed by atoms with Crippen molar-refractivity contribution < 1.29 is 4.79 Å². The maximum absolute atomic E-state index is 13.3. The molecule has 1 aromatic heterocycles. The Balaban J connectivity index is 1.53. The van der Waals surface area contributed by atoms with Crippen molar-refractivity contribution in [3.63, 3.8) is 0 Å². The lowest BCUT2D eigenvalue weighted by atomic mass is 9.73. The van der Waals surface area contributed by atoms with Gasteiger partial charge in [0.25, 0.3) is 0 Å². The lowest BCUT2D eigenvalue weighted by Crippen LogP contribution is -2.36. The van der Waals surface area contributed by atoms with E-state index in [-0.39, 0.29) is 17.2 Å². The van der Waals surface area contributed by atoms with Crippen LogP contribution in [0.4, 0.5) is 5.95 Å². The van der Waals surface area contributed by atoms with Crippen LogP contribution in [0.1, 0.15) is 43.9 Å². The minimum Gasteiger partial charge on any atom is -0.328 e. The molecule has 8 heteroatoms. The summed E-state index contributed by atoms with van der Waals surface area (Å²) in [5, 5.41) is 10.2. The fourth-order valence-electron chi connectivity index (χ4n) is 4.36. The number of nitrogens with zero attached hydrogens (tertiary/aromatic N) is 3. The van der Waals surface area contributed by atoms with Crippen LogP contribution in [-0.4, -0.2) is 20.5 Å². The van der Waals surface area contributed by atoms with Crippen molar-refractivity contribution in [1.29, 1.82) is 0 Å². The summed E-state index contributed by atoms with van der Waals surface area (Å²) in [6, 6.07) is 15.0. The molecule has 0 fully saturated rings. The molecule has 1 aliphatic carbocycles. The summed E-state index contributed by atoms with van der Waals surface area (Å²) in [7, 11) is 0. The Bertz CT molecular complexity index is 1230. The van der Waals surface area contributed by atoms with Gasteiger partial charge in [0.05, 0.1) is 0 Å². The van der Waals surface area contributed by atoms with Crippen LogP contribution >= 0.6 is 35.0 Å². The van der Waals surface area contributed by atoms with Crippen molar-refractivity contribution in [3.05, 3.63) is 81.0 Å². The Kier molecular flexibility index (Phi) is 5.56. The van der Waals surface area contributed by atoms with Gasteiger partial charge in [-0.3, -0.25) is 4.79 Å². The number of allylic oxidation sites excluding steroid dienone is 2. The van der Waals surface area contributed by atoms with Crippen molar-refractivity contribution in [3.8, 4) is 0 Å². The molecule has 0 bridgehead atoms. The van der Waals surface area contributed by atoms with E-state index in [4.69, 9.17) is 33.3 Å². The predicted molar refractivity (Wildman–Crippen MR) is 129 cm³/mol. The van der Waals surface area contributed by atoms with E-state index in [1.54, 1.807) is 0 Å². The molecule has 0 radical (unpaired) electrons. The number of carbonyl (C=O) groups is 1. The van der Waals surface area contributed by atoms with Crippen LogP contribution in [0, 0.1) is 5.41 Å². The zero-order chi connectivity index (χ0) is 22.5. The van der Waals surface area contributed by atoms with Crippen LogP contribution in [0.25, 0.3) is 0 Å². The van der Waals surface area contributed by atoms with E-state index in [9.17, 15) is 4.79 Å². The van der Waals surface area contributed by atoms with E-state index >= 15 is 0 Å². The first-order valence-electron chi connectivity index (χ1n) is 10.4. The van der Waals surface area contributed by atoms with Crippen molar-refractivity contribution in [1.82, 2.24) is 14.8 Å². The van der Waals surface area contributed by atoms with Gasteiger partial charge in [0.15, 0.2) is 5.78 Å². The first kappa shape index (κ1) is 21.6. The number of rotatable bonds is 4. The second-order valence-corrected chi connectivity index (χ2v) is 10.7. The third kappa shape index (κ3) is 4.07. The van der Waals surface area contributed by atoms with E-state index in [1.807, 2.05) is 53.2 Å². The second-order valence-electron chi connectivity index (χ2n) is 8.95. The van der Waals surface area contributed by atoms with Crippen LogP contribution in [0.3, 0.4) is 0 Å². The molecule has 164 valence electrons. The lowest BCUT2D eigenvalue weighted by Gasteiger charge is -2.38. The van der Waals surface area contributed by atoms with Crippen molar-refractivity contribution in [2.45, 2.75) is 43.6 Å². The number of nitrogens with one attached hydrogen (secondary N) is 1. The molecule has 2 heterocycles. The highest BCUT2D eigenvalue weighted by molar-refractivity contribution is 7.98. The highest BCUT2D eigenvalue weighted by Gasteiger charge is 2.41. The average Bonchev–Trinajstić information content (AvgIpc) is 3.14. The summed E-state index contributed by atoms with van der Waals surface area (Å²) in [6.45, 7) is 4.25. The molecule has 1 atom stereocenters. The van der Waals surface area contributed by atoms with Crippen LogP contribution in [0.2, 0.25) is 10.0 Å². The van der Waals surface area contributed by atoms with Crippen LogP contribution in [-0.2, 0) is 10.5 Å². The SMILES string of the molecule is CC1(C)CC(=O)C2=C(C1)Nc1nc(SCc3ccccc3Cl)nn1[C@H]2c1ccc(Cl)cc1. The Hall–Kier alpha value is -2.28. The molecular weight excluding hydrogens is 463 g/mol. The highest BCUT2D eigenvalue weighted by Crippen LogP contribution is 2.45. The van der Waals surface area contributed by atoms with Crippen molar-refractivity contribution in [2.24, 2.45) is 5.41 Å². The Labute approximate surface area is 201 Å².